The Hall–Kier alpha value is -1.85. The third-order valence-corrected chi connectivity index (χ3v) is 5.49. The van der Waals surface area contributed by atoms with Gasteiger partial charge in [-0.2, -0.15) is 5.10 Å². The lowest BCUT2D eigenvalue weighted by Crippen LogP contribution is -2.50. The molecule has 1 amide bonds. The number of hydrogen-bond donors (Lipinski definition) is 0. The first kappa shape index (κ1) is 18.0. The second-order valence-electron chi connectivity index (χ2n) is 7.36. The van der Waals surface area contributed by atoms with Crippen LogP contribution in [-0.4, -0.2) is 45.2 Å². The molecule has 6 heteroatoms. The summed E-state index contributed by atoms with van der Waals surface area (Å²) in [5, 5.41) is 3.97. The van der Waals surface area contributed by atoms with Gasteiger partial charge >= 0.3 is 5.97 Å². The SMILES string of the molecule is Cn1cc(C(=O)OCC(=O)N(C2CCCCC2)C2CCCCC2)cn1. The molecular weight excluding hydrogens is 318 g/mol. The molecule has 138 valence electrons. The van der Waals surface area contributed by atoms with Crippen LogP contribution >= 0.6 is 0 Å². The van der Waals surface area contributed by atoms with Crippen molar-refractivity contribution in [1.82, 2.24) is 14.7 Å². The largest absolute Gasteiger partial charge is 0.452 e. The molecule has 1 aromatic heterocycles. The Morgan fingerprint density at radius 1 is 1.08 bits per heavy atom. The molecule has 3 rings (SSSR count). The molecule has 25 heavy (non-hydrogen) atoms. The van der Waals surface area contributed by atoms with Crippen LogP contribution in [0.25, 0.3) is 0 Å². The molecule has 0 unspecified atom stereocenters. The highest BCUT2D eigenvalue weighted by molar-refractivity contribution is 5.90. The van der Waals surface area contributed by atoms with Crippen molar-refractivity contribution in [3.8, 4) is 0 Å². The van der Waals surface area contributed by atoms with Gasteiger partial charge in [-0.25, -0.2) is 4.79 Å². The molecule has 2 saturated carbocycles. The maximum atomic E-state index is 12.9. The van der Waals surface area contributed by atoms with E-state index in [4.69, 9.17) is 4.74 Å². The molecule has 0 N–H and O–H groups in total. The van der Waals surface area contributed by atoms with Gasteiger partial charge in [0.15, 0.2) is 6.61 Å². The van der Waals surface area contributed by atoms with Crippen LogP contribution in [0.1, 0.15) is 74.6 Å². The summed E-state index contributed by atoms with van der Waals surface area (Å²) in [6, 6.07) is 0.642. The monoisotopic (exact) mass is 347 g/mol. The predicted molar refractivity (Wildman–Crippen MR) is 94.1 cm³/mol. The van der Waals surface area contributed by atoms with Crippen LogP contribution in [0.4, 0.5) is 0 Å². The number of carbonyl (C=O) groups excluding carboxylic acids is 2. The normalized spacial score (nSPS) is 19.6. The van der Waals surface area contributed by atoms with Crippen LogP contribution in [0, 0.1) is 0 Å². The van der Waals surface area contributed by atoms with Crippen molar-refractivity contribution in [1.29, 1.82) is 0 Å². The highest BCUT2D eigenvalue weighted by atomic mass is 16.5. The maximum Gasteiger partial charge on any atom is 0.341 e. The first-order valence-electron chi connectivity index (χ1n) is 9.62. The van der Waals surface area contributed by atoms with Gasteiger partial charge in [-0.3, -0.25) is 9.48 Å². The lowest BCUT2D eigenvalue weighted by Gasteiger charge is -2.41. The van der Waals surface area contributed by atoms with Gasteiger partial charge in [0, 0.05) is 25.3 Å². The quantitative estimate of drug-likeness (QED) is 0.768. The van der Waals surface area contributed by atoms with E-state index < -0.39 is 5.97 Å². The number of hydrogen-bond acceptors (Lipinski definition) is 4. The zero-order chi connectivity index (χ0) is 17.6. The Morgan fingerprint density at radius 2 is 1.64 bits per heavy atom. The van der Waals surface area contributed by atoms with Gasteiger partial charge in [-0.1, -0.05) is 38.5 Å². The summed E-state index contributed by atoms with van der Waals surface area (Å²) in [6.07, 6.45) is 14.7. The van der Waals surface area contributed by atoms with E-state index in [9.17, 15) is 9.59 Å². The van der Waals surface area contributed by atoms with Crippen LogP contribution in [0.3, 0.4) is 0 Å². The molecule has 0 saturated heterocycles. The minimum atomic E-state index is -0.478. The van der Waals surface area contributed by atoms with E-state index in [-0.39, 0.29) is 12.5 Å². The van der Waals surface area contributed by atoms with Gasteiger partial charge in [0.25, 0.3) is 5.91 Å². The Balaban J connectivity index is 1.62. The van der Waals surface area contributed by atoms with E-state index in [2.05, 4.69) is 10.00 Å². The highest BCUT2D eigenvalue weighted by Crippen LogP contribution is 2.30. The first-order valence-corrected chi connectivity index (χ1v) is 9.62. The van der Waals surface area contributed by atoms with Crippen LogP contribution in [0.2, 0.25) is 0 Å². The van der Waals surface area contributed by atoms with E-state index in [1.807, 2.05) is 0 Å². The predicted octanol–water partition coefficient (Wildman–Crippen LogP) is 3.07. The average molecular weight is 347 g/mol. The van der Waals surface area contributed by atoms with Gasteiger partial charge in [0.2, 0.25) is 0 Å². The molecule has 1 heterocycles. The topological polar surface area (TPSA) is 64.4 Å². The second kappa shape index (κ2) is 8.50. The molecule has 2 aliphatic carbocycles. The van der Waals surface area contributed by atoms with Crippen molar-refractivity contribution in [3.63, 3.8) is 0 Å². The second-order valence-corrected chi connectivity index (χ2v) is 7.36. The van der Waals surface area contributed by atoms with Gasteiger partial charge in [-0.05, 0) is 25.7 Å². The lowest BCUT2D eigenvalue weighted by molar-refractivity contribution is -0.141. The lowest BCUT2D eigenvalue weighted by atomic mass is 9.88. The van der Waals surface area contributed by atoms with E-state index in [1.54, 1.807) is 17.9 Å². The Morgan fingerprint density at radius 3 is 2.12 bits per heavy atom. The van der Waals surface area contributed by atoms with Crippen LogP contribution in [0.15, 0.2) is 12.4 Å². The van der Waals surface area contributed by atoms with Crippen molar-refractivity contribution in [3.05, 3.63) is 18.0 Å². The van der Waals surface area contributed by atoms with Gasteiger partial charge in [0.1, 0.15) is 0 Å². The molecule has 6 nitrogen and oxygen atoms in total. The zero-order valence-electron chi connectivity index (χ0n) is 15.2. The number of aryl methyl sites for hydroxylation is 1. The number of ether oxygens (including phenoxy) is 1. The zero-order valence-corrected chi connectivity index (χ0v) is 15.2. The summed E-state index contributed by atoms with van der Waals surface area (Å²) < 4.78 is 6.83. The molecule has 0 spiro atoms. The molecular formula is C19H29N3O3. The van der Waals surface area contributed by atoms with Gasteiger partial charge in [-0.15, -0.1) is 0 Å². The van der Waals surface area contributed by atoms with Crippen LogP contribution in [-0.2, 0) is 16.6 Å². The molecule has 2 fully saturated rings. The van der Waals surface area contributed by atoms with E-state index in [0.717, 1.165) is 25.7 Å². The van der Waals surface area contributed by atoms with E-state index in [1.165, 1.54) is 44.7 Å². The third-order valence-electron chi connectivity index (χ3n) is 5.49. The van der Waals surface area contributed by atoms with Crippen molar-refractivity contribution in [2.24, 2.45) is 7.05 Å². The molecule has 0 radical (unpaired) electrons. The fourth-order valence-electron chi connectivity index (χ4n) is 4.24. The third kappa shape index (κ3) is 4.61. The molecule has 0 atom stereocenters. The average Bonchev–Trinajstić information content (AvgIpc) is 3.08. The number of carbonyl (C=O) groups is 2. The van der Waals surface area contributed by atoms with Crippen LogP contribution < -0.4 is 0 Å². The number of aromatic nitrogens is 2. The summed E-state index contributed by atoms with van der Waals surface area (Å²) in [6.45, 7) is -0.166. The number of amides is 1. The number of nitrogens with zero attached hydrogens (tertiary/aromatic N) is 3. The van der Waals surface area contributed by atoms with Crippen molar-refractivity contribution >= 4 is 11.9 Å². The molecule has 0 bridgehead atoms. The smallest absolute Gasteiger partial charge is 0.341 e. The Kier molecular flexibility index (Phi) is 6.10. The van der Waals surface area contributed by atoms with Gasteiger partial charge < -0.3 is 9.64 Å². The van der Waals surface area contributed by atoms with Gasteiger partial charge in [0.05, 0.1) is 11.8 Å². The number of rotatable bonds is 5. The molecule has 0 aromatic carbocycles. The first-order chi connectivity index (χ1) is 12.1. The summed E-state index contributed by atoms with van der Waals surface area (Å²) in [5.41, 5.74) is 0.386. The van der Waals surface area contributed by atoms with Crippen LogP contribution in [0.5, 0.6) is 0 Å². The molecule has 0 aliphatic heterocycles. The number of esters is 1. The van der Waals surface area contributed by atoms with Crippen molar-refractivity contribution in [2.45, 2.75) is 76.3 Å². The minimum absolute atomic E-state index is 0.0314. The minimum Gasteiger partial charge on any atom is -0.452 e. The fourth-order valence-corrected chi connectivity index (χ4v) is 4.24. The Labute approximate surface area is 149 Å². The molecule has 2 aliphatic rings. The van der Waals surface area contributed by atoms with Crippen molar-refractivity contribution < 1.29 is 14.3 Å². The van der Waals surface area contributed by atoms with E-state index in [0.29, 0.717) is 17.6 Å². The Bertz CT molecular complexity index is 568. The maximum absolute atomic E-state index is 12.9. The summed E-state index contributed by atoms with van der Waals surface area (Å²) >= 11 is 0. The highest BCUT2D eigenvalue weighted by Gasteiger charge is 2.32. The summed E-state index contributed by atoms with van der Waals surface area (Å²) in [4.78, 5) is 27.1. The standard InChI is InChI=1S/C19H29N3O3/c1-21-13-15(12-20-21)19(24)25-14-18(23)22(16-8-4-2-5-9-16)17-10-6-3-7-11-17/h12-13,16-17H,2-11,14H2,1H3. The fraction of sp³-hybridized carbons (Fsp3) is 0.737. The summed E-state index contributed by atoms with van der Waals surface area (Å²) in [5.74, 6) is -0.510. The van der Waals surface area contributed by atoms with Crippen molar-refractivity contribution in [2.75, 3.05) is 6.61 Å². The summed E-state index contributed by atoms with van der Waals surface area (Å²) in [7, 11) is 1.75. The van der Waals surface area contributed by atoms with E-state index >= 15 is 0 Å². The molecule has 1 aromatic rings.